The van der Waals surface area contributed by atoms with Crippen molar-refractivity contribution in [2.75, 3.05) is 19.3 Å². The van der Waals surface area contributed by atoms with Crippen LogP contribution in [0.5, 0.6) is 0 Å². The van der Waals surface area contributed by atoms with E-state index in [4.69, 9.17) is 5.73 Å². The van der Waals surface area contributed by atoms with E-state index in [1.165, 1.54) is 7.05 Å². The maximum Gasteiger partial charge on any atom is 0.221 e. The molecule has 0 aliphatic carbocycles. The van der Waals surface area contributed by atoms with E-state index in [2.05, 4.69) is 22.3 Å². The molecular weight excluding hydrogens is 226 g/mol. The van der Waals surface area contributed by atoms with E-state index in [0.29, 0.717) is 0 Å². The lowest BCUT2D eigenvalue weighted by Crippen LogP contribution is -2.34. The van der Waals surface area contributed by atoms with Gasteiger partial charge in [-0.25, -0.2) is 13.1 Å². The number of hydrogen-bond acceptors (Lipinski definition) is 4. The topological polar surface area (TPSA) is 101 Å². The molecule has 0 aliphatic rings. The molecule has 0 saturated carbocycles. The van der Waals surface area contributed by atoms with E-state index in [1.54, 1.807) is 0 Å². The zero-order chi connectivity index (χ0) is 11.2. The van der Waals surface area contributed by atoms with Gasteiger partial charge in [0, 0.05) is 20.0 Å². The largest absolute Gasteiger partial charge is 0.392 e. The zero-order valence-corrected chi connectivity index (χ0v) is 9.37. The molecule has 8 heteroatoms. The molecule has 0 bridgehead atoms. The van der Waals surface area contributed by atoms with Crippen LogP contribution in [-0.2, 0) is 14.8 Å². The van der Waals surface area contributed by atoms with E-state index in [9.17, 15) is 13.2 Å². The molecule has 14 heavy (non-hydrogen) atoms. The molecule has 0 aromatic heterocycles. The molecular formula is C6H13N3O3S2. The van der Waals surface area contributed by atoms with Crippen LogP contribution in [0, 0.1) is 0 Å². The molecule has 0 spiro atoms. The summed E-state index contributed by atoms with van der Waals surface area (Å²) >= 11 is 4.45. The molecule has 0 rings (SSSR count). The van der Waals surface area contributed by atoms with Crippen molar-refractivity contribution in [1.29, 1.82) is 0 Å². The summed E-state index contributed by atoms with van der Waals surface area (Å²) in [6.45, 7) is 0.0463. The Labute approximate surface area is 88.3 Å². The first-order valence-electron chi connectivity index (χ1n) is 3.83. The van der Waals surface area contributed by atoms with Crippen molar-refractivity contribution >= 4 is 33.1 Å². The van der Waals surface area contributed by atoms with Crippen LogP contribution in [-0.4, -0.2) is 38.7 Å². The molecule has 0 atom stereocenters. The third-order valence-electron chi connectivity index (χ3n) is 1.29. The molecule has 82 valence electrons. The van der Waals surface area contributed by atoms with Gasteiger partial charge in [-0.2, -0.15) is 0 Å². The van der Waals surface area contributed by atoms with Crippen molar-refractivity contribution in [1.82, 2.24) is 10.0 Å². The average molecular weight is 239 g/mol. The molecule has 0 aliphatic heterocycles. The minimum Gasteiger partial charge on any atom is -0.392 e. The number of nitrogens with one attached hydrogen (secondary N) is 2. The van der Waals surface area contributed by atoms with Gasteiger partial charge in [0.1, 0.15) is 5.75 Å². The van der Waals surface area contributed by atoms with Gasteiger partial charge in [0.25, 0.3) is 0 Å². The summed E-state index contributed by atoms with van der Waals surface area (Å²) in [5.41, 5.74) is 5.07. The molecule has 0 unspecified atom stereocenters. The number of amides is 1. The van der Waals surface area contributed by atoms with Crippen LogP contribution in [0.25, 0.3) is 0 Å². The molecule has 0 fully saturated rings. The number of carbonyl (C=O) groups excluding carboxylic acids is 1. The molecule has 1 amide bonds. The molecule has 0 saturated heterocycles. The van der Waals surface area contributed by atoms with Gasteiger partial charge >= 0.3 is 0 Å². The summed E-state index contributed by atoms with van der Waals surface area (Å²) in [4.78, 5) is 10.6. The van der Waals surface area contributed by atoms with Gasteiger partial charge in [-0.1, -0.05) is 12.2 Å². The lowest BCUT2D eigenvalue weighted by molar-refractivity contribution is -0.120. The Morgan fingerprint density at radius 2 is 2.07 bits per heavy atom. The van der Waals surface area contributed by atoms with Gasteiger partial charge in [-0.05, 0) is 0 Å². The van der Waals surface area contributed by atoms with Gasteiger partial charge in [-0.15, -0.1) is 0 Å². The lowest BCUT2D eigenvalue weighted by Gasteiger charge is -2.04. The maximum absolute atomic E-state index is 11.1. The summed E-state index contributed by atoms with van der Waals surface area (Å²) in [6.07, 6.45) is 0.0903. The van der Waals surface area contributed by atoms with E-state index < -0.39 is 15.8 Å². The van der Waals surface area contributed by atoms with Crippen molar-refractivity contribution < 1.29 is 13.2 Å². The Morgan fingerprint density at radius 3 is 2.50 bits per heavy atom. The van der Waals surface area contributed by atoms with Gasteiger partial charge in [-0.3, -0.25) is 4.79 Å². The molecule has 6 nitrogen and oxygen atoms in total. The Kier molecular flexibility index (Phi) is 5.58. The third-order valence-corrected chi connectivity index (χ3v) is 2.95. The van der Waals surface area contributed by atoms with Crippen LogP contribution in [0.15, 0.2) is 0 Å². The SMILES string of the molecule is CNC(=O)CCNS(=O)(=O)CC(N)=S. The van der Waals surface area contributed by atoms with Crippen LogP contribution in [0.4, 0.5) is 0 Å². The van der Waals surface area contributed by atoms with Crippen molar-refractivity contribution in [3.05, 3.63) is 0 Å². The fourth-order valence-corrected chi connectivity index (χ4v) is 2.04. The Bertz CT molecular complexity index is 312. The molecule has 0 radical (unpaired) electrons. The number of thiocarbonyl (C=S) groups is 1. The second-order valence-corrected chi connectivity index (χ2v) is 4.87. The van der Waals surface area contributed by atoms with Gasteiger partial charge < -0.3 is 11.1 Å². The Balaban J connectivity index is 3.89. The summed E-state index contributed by atoms with van der Waals surface area (Å²) in [5.74, 6) is -0.626. The predicted octanol–water partition coefficient (Wildman–Crippen LogP) is -1.67. The van der Waals surface area contributed by atoms with Gasteiger partial charge in [0.2, 0.25) is 15.9 Å². The maximum atomic E-state index is 11.1. The van der Waals surface area contributed by atoms with E-state index in [1.807, 2.05) is 0 Å². The number of rotatable bonds is 6. The minimum atomic E-state index is -3.48. The minimum absolute atomic E-state index is 0.0463. The first-order chi connectivity index (χ1) is 6.37. The van der Waals surface area contributed by atoms with E-state index in [-0.39, 0.29) is 23.9 Å². The zero-order valence-electron chi connectivity index (χ0n) is 7.74. The Morgan fingerprint density at radius 1 is 1.50 bits per heavy atom. The standard InChI is InChI=1S/C6H13N3O3S2/c1-8-6(10)2-3-9-14(11,12)4-5(7)13/h9H,2-4H2,1H3,(H2,7,13)(H,8,10). The fourth-order valence-electron chi connectivity index (χ4n) is 0.683. The van der Waals surface area contributed by atoms with Crippen molar-refractivity contribution in [3.8, 4) is 0 Å². The summed E-state index contributed by atoms with van der Waals surface area (Å²) in [6, 6.07) is 0. The Hall–Kier alpha value is -0.730. The smallest absolute Gasteiger partial charge is 0.221 e. The number of carbonyl (C=O) groups is 1. The molecule has 0 aromatic carbocycles. The summed E-state index contributed by atoms with van der Waals surface area (Å²) < 4.78 is 24.4. The second-order valence-electron chi connectivity index (χ2n) is 2.54. The molecule has 0 heterocycles. The first-order valence-corrected chi connectivity index (χ1v) is 5.89. The van der Waals surface area contributed by atoms with Crippen LogP contribution in [0.1, 0.15) is 6.42 Å². The highest BCUT2D eigenvalue weighted by molar-refractivity contribution is 7.92. The van der Waals surface area contributed by atoms with Crippen molar-refractivity contribution in [2.45, 2.75) is 6.42 Å². The predicted molar refractivity (Wildman–Crippen MR) is 57.3 cm³/mol. The second kappa shape index (κ2) is 5.89. The quantitative estimate of drug-likeness (QED) is 0.481. The van der Waals surface area contributed by atoms with Crippen molar-refractivity contribution in [2.24, 2.45) is 5.73 Å². The highest BCUT2D eigenvalue weighted by atomic mass is 32.2. The molecule has 0 aromatic rings. The van der Waals surface area contributed by atoms with E-state index >= 15 is 0 Å². The number of hydrogen-bond donors (Lipinski definition) is 3. The third kappa shape index (κ3) is 6.75. The summed E-state index contributed by atoms with van der Waals surface area (Å²) in [5, 5.41) is 2.37. The monoisotopic (exact) mass is 239 g/mol. The highest BCUT2D eigenvalue weighted by Crippen LogP contribution is 1.85. The van der Waals surface area contributed by atoms with Crippen LogP contribution < -0.4 is 15.8 Å². The normalized spacial score (nSPS) is 10.9. The number of sulfonamides is 1. The highest BCUT2D eigenvalue weighted by Gasteiger charge is 2.11. The van der Waals surface area contributed by atoms with Crippen LogP contribution >= 0.6 is 12.2 Å². The fraction of sp³-hybridized carbons (Fsp3) is 0.667. The van der Waals surface area contributed by atoms with E-state index in [0.717, 1.165) is 0 Å². The molecule has 4 N–H and O–H groups in total. The van der Waals surface area contributed by atoms with Crippen LogP contribution in [0.2, 0.25) is 0 Å². The number of nitrogens with two attached hydrogens (primary N) is 1. The average Bonchev–Trinajstić information content (AvgIpc) is 2.01. The lowest BCUT2D eigenvalue weighted by atomic mass is 10.4. The van der Waals surface area contributed by atoms with Crippen molar-refractivity contribution in [3.63, 3.8) is 0 Å². The first kappa shape index (κ1) is 13.3. The van der Waals surface area contributed by atoms with Gasteiger partial charge in [0.05, 0.1) is 4.99 Å². The van der Waals surface area contributed by atoms with Gasteiger partial charge in [0.15, 0.2) is 0 Å². The summed E-state index contributed by atoms with van der Waals surface area (Å²) in [7, 11) is -2.00. The van der Waals surface area contributed by atoms with Crippen LogP contribution in [0.3, 0.4) is 0 Å².